The first kappa shape index (κ1) is 9.82. The van der Waals surface area contributed by atoms with Gasteiger partial charge >= 0.3 is 81.4 Å². The van der Waals surface area contributed by atoms with Crippen molar-refractivity contribution in [3.05, 3.63) is 0 Å². The van der Waals surface area contributed by atoms with E-state index in [4.69, 9.17) is 0 Å². The summed E-state index contributed by atoms with van der Waals surface area (Å²) in [4.78, 5) is 0. The molecule has 0 N–H and O–H groups in total. The standard InChI is InChI=1S/C10H20I/c1-2-3-4-5-10-6-8-11-9-7-10/h10H,2-9H2,1H3/q-1. The molecule has 1 fully saturated rings. The van der Waals surface area contributed by atoms with Crippen molar-refractivity contribution in [2.45, 2.75) is 45.4 Å². The molecule has 0 nitrogen and oxygen atoms in total. The molecule has 0 atom stereocenters. The van der Waals surface area contributed by atoms with E-state index in [2.05, 4.69) is 6.92 Å². The summed E-state index contributed by atoms with van der Waals surface area (Å²) < 4.78 is 3.24. The predicted octanol–water partition coefficient (Wildman–Crippen LogP) is 0.0657. The fraction of sp³-hybridized carbons (Fsp3) is 1.00. The molecule has 0 radical (unpaired) electrons. The second-order valence-corrected chi connectivity index (χ2v) is 6.74. The summed E-state index contributed by atoms with van der Waals surface area (Å²) in [5.74, 6) is 1.13. The van der Waals surface area contributed by atoms with Crippen molar-refractivity contribution >= 4 is 0 Å². The zero-order chi connectivity index (χ0) is 7.94. The Morgan fingerprint density at radius 1 is 1.18 bits per heavy atom. The van der Waals surface area contributed by atoms with Crippen molar-refractivity contribution < 1.29 is 21.2 Å². The van der Waals surface area contributed by atoms with Crippen molar-refractivity contribution in [2.24, 2.45) is 5.92 Å². The third-order valence-electron chi connectivity index (χ3n) is 2.52. The van der Waals surface area contributed by atoms with Gasteiger partial charge in [0.05, 0.1) is 0 Å². The SMILES string of the molecule is CCCCCC1CC[I-]CC1. The molecule has 68 valence electrons. The molecule has 1 heteroatoms. The predicted molar refractivity (Wildman–Crippen MR) is 46.6 cm³/mol. The molecular weight excluding hydrogens is 247 g/mol. The average Bonchev–Trinajstić information content (AvgIpc) is 2.07. The Morgan fingerprint density at radius 2 is 1.91 bits per heavy atom. The molecule has 0 saturated carbocycles. The van der Waals surface area contributed by atoms with Crippen LogP contribution >= 0.6 is 0 Å². The first-order valence-electron chi connectivity index (χ1n) is 4.97. The molecule has 1 aliphatic heterocycles. The number of hydrogen-bond donors (Lipinski definition) is 0. The van der Waals surface area contributed by atoms with Crippen LogP contribution in [0.4, 0.5) is 0 Å². The summed E-state index contributed by atoms with van der Waals surface area (Å²) in [5, 5.41) is 0. The number of hydrogen-bond acceptors (Lipinski definition) is 0. The van der Waals surface area contributed by atoms with E-state index < -0.39 is 0 Å². The topological polar surface area (TPSA) is 0 Å². The van der Waals surface area contributed by atoms with E-state index in [0.29, 0.717) is 21.2 Å². The zero-order valence-corrected chi connectivity index (χ0v) is 9.77. The molecule has 11 heavy (non-hydrogen) atoms. The van der Waals surface area contributed by atoms with E-state index >= 15 is 0 Å². The second-order valence-electron chi connectivity index (χ2n) is 3.51. The van der Waals surface area contributed by atoms with Crippen LogP contribution in [0, 0.1) is 5.92 Å². The summed E-state index contributed by atoms with van der Waals surface area (Å²) in [7, 11) is 0. The van der Waals surface area contributed by atoms with E-state index in [1.54, 1.807) is 21.7 Å². The van der Waals surface area contributed by atoms with Crippen LogP contribution in [0.3, 0.4) is 0 Å². The van der Waals surface area contributed by atoms with Crippen molar-refractivity contribution in [2.75, 3.05) is 8.86 Å². The minimum absolute atomic E-state index is 0.668. The zero-order valence-electron chi connectivity index (χ0n) is 7.61. The number of unbranched alkanes of at least 4 members (excludes halogenated alkanes) is 2. The normalized spacial score (nSPS) is 21.2. The van der Waals surface area contributed by atoms with Gasteiger partial charge in [-0.2, -0.15) is 0 Å². The monoisotopic (exact) mass is 267 g/mol. The molecule has 1 heterocycles. The third kappa shape index (κ3) is 4.34. The van der Waals surface area contributed by atoms with Crippen LogP contribution in [0.2, 0.25) is 0 Å². The van der Waals surface area contributed by atoms with Gasteiger partial charge in [-0.25, -0.2) is 0 Å². The number of rotatable bonds is 4. The van der Waals surface area contributed by atoms with Gasteiger partial charge in [0.2, 0.25) is 0 Å². The Hall–Kier alpha value is 0.730. The third-order valence-corrected chi connectivity index (χ3v) is 5.29. The number of halogens is 1. The van der Waals surface area contributed by atoms with Crippen molar-refractivity contribution in [1.82, 2.24) is 0 Å². The second kappa shape index (κ2) is 6.27. The Labute approximate surface area is 81.4 Å². The molecule has 0 aromatic carbocycles. The fourth-order valence-corrected chi connectivity index (χ4v) is 4.86. The van der Waals surface area contributed by atoms with E-state index in [9.17, 15) is 0 Å². The summed E-state index contributed by atoms with van der Waals surface area (Å²) in [6.07, 6.45) is 9.05. The Morgan fingerprint density at radius 3 is 2.55 bits per heavy atom. The molecule has 0 unspecified atom stereocenters. The van der Waals surface area contributed by atoms with Gasteiger partial charge in [-0.1, -0.05) is 0 Å². The van der Waals surface area contributed by atoms with Gasteiger partial charge in [-0.15, -0.1) is 0 Å². The van der Waals surface area contributed by atoms with Crippen LogP contribution in [0.5, 0.6) is 0 Å². The Balaban J connectivity index is 1.96. The van der Waals surface area contributed by atoms with Gasteiger partial charge in [0.1, 0.15) is 0 Å². The Kier molecular flexibility index (Phi) is 5.59. The van der Waals surface area contributed by atoms with Crippen LogP contribution in [0.1, 0.15) is 45.4 Å². The molecule has 0 aromatic heterocycles. The molecule has 0 aliphatic carbocycles. The Bertz CT molecular complexity index is 84.9. The van der Waals surface area contributed by atoms with Gasteiger partial charge in [-0.05, 0) is 0 Å². The van der Waals surface area contributed by atoms with Crippen molar-refractivity contribution in [1.29, 1.82) is 0 Å². The van der Waals surface area contributed by atoms with Gasteiger partial charge in [0, 0.05) is 0 Å². The van der Waals surface area contributed by atoms with Gasteiger partial charge in [0.25, 0.3) is 0 Å². The van der Waals surface area contributed by atoms with E-state index in [0.717, 1.165) is 5.92 Å². The van der Waals surface area contributed by atoms with Crippen LogP contribution in [0.15, 0.2) is 0 Å². The van der Waals surface area contributed by atoms with Crippen LogP contribution in [-0.2, 0) is 0 Å². The van der Waals surface area contributed by atoms with Crippen LogP contribution < -0.4 is 21.2 Å². The van der Waals surface area contributed by atoms with Gasteiger partial charge in [0.15, 0.2) is 0 Å². The van der Waals surface area contributed by atoms with Crippen molar-refractivity contribution in [3.63, 3.8) is 0 Å². The van der Waals surface area contributed by atoms with E-state index in [1.165, 1.54) is 25.7 Å². The van der Waals surface area contributed by atoms with E-state index in [-0.39, 0.29) is 0 Å². The summed E-state index contributed by atoms with van der Waals surface area (Å²) >= 11 is 0.668. The molecule has 0 amide bonds. The summed E-state index contributed by atoms with van der Waals surface area (Å²) in [6, 6.07) is 0. The van der Waals surface area contributed by atoms with Gasteiger partial charge < -0.3 is 0 Å². The number of alkyl halides is 2. The average molecular weight is 267 g/mol. The van der Waals surface area contributed by atoms with E-state index in [1.807, 2.05) is 0 Å². The molecule has 1 aliphatic rings. The molecule has 0 spiro atoms. The molecule has 0 bridgehead atoms. The molecule has 1 rings (SSSR count). The maximum atomic E-state index is 2.30. The first-order valence-corrected chi connectivity index (χ1v) is 8.02. The van der Waals surface area contributed by atoms with Crippen LogP contribution in [-0.4, -0.2) is 8.86 Å². The molecule has 1 saturated heterocycles. The molecular formula is C10H20I-. The van der Waals surface area contributed by atoms with Gasteiger partial charge in [-0.3, -0.25) is 0 Å². The fourth-order valence-electron chi connectivity index (χ4n) is 1.67. The van der Waals surface area contributed by atoms with Crippen LogP contribution in [0.25, 0.3) is 0 Å². The first-order chi connectivity index (χ1) is 5.43. The van der Waals surface area contributed by atoms with Crippen molar-refractivity contribution in [3.8, 4) is 0 Å². The summed E-state index contributed by atoms with van der Waals surface area (Å²) in [6.45, 7) is 2.30. The minimum atomic E-state index is 0.668. The quantitative estimate of drug-likeness (QED) is 0.384. The summed E-state index contributed by atoms with van der Waals surface area (Å²) in [5.41, 5.74) is 0. The maximum absolute atomic E-state index is 2.30. The molecule has 0 aromatic rings.